The highest BCUT2D eigenvalue weighted by Crippen LogP contribution is 2.56. The van der Waals surface area contributed by atoms with Crippen molar-refractivity contribution in [1.82, 2.24) is 0 Å². The van der Waals surface area contributed by atoms with Crippen LogP contribution in [0, 0.1) is 0 Å². The largest absolute Gasteiger partial charge is 0.490 e. The molecule has 1 aromatic carbocycles. The molecule has 0 saturated heterocycles. The molecule has 3 atom stereocenters. The van der Waals surface area contributed by atoms with Crippen molar-refractivity contribution in [2.45, 2.75) is 68.8 Å². The minimum atomic E-state index is 0.501. The van der Waals surface area contributed by atoms with Crippen LogP contribution in [0.5, 0.6) is 11.5 Å². The predicted molar refractivity (Wildman–Crippen MR) is 104 cm³/mol. The zero-order valence-electron chi connectivity index (χ0n) is 14.9. The van der Waals surface area contributed by atoms with Gasteiger partial charge in [0.25, 0.3) is 0 Å². The van der Waals surface area contributed by atoms with Gasteiger partial charge in [-0.2, -0.15) is 0 Å². The first kappa shape index (κ1) is 18.3. The number of fused-ring (bicyclic) bond motifs is 3. The Morgan fingerprint density at radius 2 is 1.71 bits per heavy atom. The molecule has 2 nitrogen and oxygen atoms in total. The van der Waals surface area contributed by atoms with Crippen molar-refractivity contribution in [3.8, 4) is 11.5 Å². The Bertz CT molecular complexity index is 549. The van der Waals surface area contributed by atoms with E-state index in [2.05, 4.69) is 37.7 Å². The Morgan fingerprint density at radius 3 is 2.33 bits per heavy atom. The highest BCUT2D eigenvalue weighted by Gasteiger charge is 2.39. The van der Waals surface area contributed by atoms with Crippen LogP contribution in [0.25, 0.3) is 0 Å². The van der Waals surface area contributed by atoms with Crippen molar-refractivity contribution in [1.29, 1.82) is 0 Å². The average molecular weight is 369 g/mol. The van der Waals surface area contributed by atoms with Gasteiger partial charge in [0.2, 0.25) is 0 Å². The van der Waals surface area contributed by atoms with E-state index in [1.807, 2.05) is 0 Å². The summed E-state index contributed by atoms with van der Waals surface area (Å²) < 4.78 is 12.1. The van der Waals surface area contributed by atoms with Crippen LogP contribution in [0.4, 0.5) is 0 Å². The standard InChI is InChI=1S/C20H29ClO2S/c1-3-10-22-17-12-15-14-6-5-7-19(14)24-20(8-9-21)16(15)13-18(17)23-11-4-2/h12-14,19-20H,3-11H2,1-2H3. The van der Waals surface area contributed by atoms with E-state index >= 15 is 0 Å². The van der Waals surface area contributed by atoms with Gasteiger partial charge in [-0.1, -0.05) is 20.3 Å². The molecule has 134 valence electrons. The Hall–Kier alpha value is -0.540. The van der Waals surface area contributed by atoms with Crippen LogP contribution in [0.1, 0.15) is 74.7 Å². The van der Waals surface area contributed by atoms with E-state index in [-0.39, 0.29) is 0 Å². The van der Waals surface area contributed by atoms with Gasteiger partial charge >= 0.3 is 0 Å². The number of rotatable bonds is 8. The summed E-state index contributed by atoms with van der Waals surface area (Å²) in [4.78, 5) is 0. The summed E-state index contributed by atoms with van der Waals surface area (Å²) in [6.45, 7) is 5.77. The van der Waals surface area contributed by atoms with Gasteiger partial charge in [0.05, 0.1) is 13.2 Å². The molecular formula is C20H29ClO2S. The van der Waals surface area contributed by atoms with Gasteiger partial charge in [0.15, 0.2) is 11.5 Å². The molecule has 3 rings (SSSR count). The lowest BCUT2D eigenvalue weighted by atomic mass is 9.89. The molecule has 1 aliphatic carbocycles. The highest BCUT2D eigenvalue weighted by molar-refractivity contribution is 8.00. The molecule has 1 heterocycles. The molecule has 0 amide bonds. The van der Waals surface area contributed by atoms with E-state index in [0.717, 1.165) is 49.2 Å². The molecule has 24 heavy (non-hydrogen) atoms. The van der Waals surface area contributed by atoms with Gasteiger partial charge in [-0.3, -0.25) is 0 Å². The van der Waals surface area contributed by atoms with E-state index in [0.29, 0.717) is 17.0 Å². The molecule has 3 unspecified atom stereocenters. The second kappa shape index (κ2) is 8.71. The minimum Gasteiger partial charge on any atom is -0.490 e. The first-order valence-corrected chi connectivity index (χ1v) is 10.9. The topological polar surface area (TPSA) is 18.5 Å². The predicted octanol–water partition coefficient (Wildman–Crippen LogP) is 6.32. The third-order valence-corrected chi connectivity index (χ3v) is 6.93. The van der Waals surface area contributed by atoms with Crippen LogP contribution in [-0.2, 0) is 0 Å². The summed E-state index contributed by atoms with van der Waals surface area (Å²) in [6, 6.07) is 4.55. The summed E-state index contributed by atoms with van der Waals surface area (Å²) in [6.07, 6.45) is 7.04. The third-order valence-electron chi connectivity index (χ3n) is 4.98. The van der Waals surface area contributed by atoms with Crippen LogP contribution >= 0.6 is 23.4 Å². The quantitative estimate of drug-likeness (QED) is 0.500. The first-order chi connectivity index (χ1) is 11.8. The first-order valence-electron chi connectivity index (χ1n) is 9.43. The van der Waals surface area contributed by atoms with E-state index < -0.39 is 0 Å². The van der Waals surface area contributed by atoms with Gasteiger partial charge in [0, 0.05) is 16.4 Å². The summed E-state index contributed by atoms with van der Waals surface area (Å²) in [7, 11) is 0. The van der Waals surface area contributed by atoms with Gasteiger partial charge in [-0.25, -0.2) is 0 Å². The second-order valence-corrected chi connectivity index (χ2v) is 8.63. The van der Waals surface area contributed by atoms with Crippen molar-refractivity contribution in [3.63, 3.8) is 0 Å². The van der Waals surface area contributed by atoms with E-state index in [1.54, 1.807) is 0 Å². The Kier molecular flexibility index (Phi) is 6.63. The molecular weight excluding hydrogens is 340 g/mol. The zero-order chi connectivity index (χ0) is 16.9. The fourth-order valence-electron chi connectivity index (χ4n) is 3.89. The van der Waals surface area contributed by atoms with Gasteiger partial charge in [-0.05, 0) is 61.3 Å². The van der Waals surface area contributed by atoms with Crippen molar-refractivity contribution < 1.29 is 9.47 Å². The Morgan fingerprint density at radius 1 is 1.04 bits per heavy atom. The fraction of sp³-hybridized carbons (Fsp3) is 0.700. The van der Waals surface area contributed by atoms with Crippen molar-refractivity contribution in [2.75, 3.05) is 19.1 Å². The Labute approximate surface area is 155 Å². The van der Waals surface area contributed by atoms with E-state index in [4.69, 9.17) is 21.1 Å². The summed E-state index contributed by atoms with van der Waals surface area (Å²) in [5.41, 5.74) is 2.94. The third kappa shape index (κ3) is 3.83. The molecule has 1 saturated carbocycles. The van der Waals surface area contributed by atoms with Crippen molar-refractivity contribution in [3.05, 3.63) is 23.3 Å². The molecule has 0 spiro atoms. The normalized spacial score (nSPS) is 25.2. The fourth-order valence-corrected chi connectivity index (χ4v) is 6.04. The molecule has 4 heteroatoms. The summed E-state index contributed by atoms with van der Waals surface area (Å²) in [5, 5.41) is 1.26. The van der Waals surface area contributed by atoms with Crippen LogP contribution in [0.2, 0.25) is 0 Å². The van der Waals surface area contributed by atoms with Crippen LogP contribution in [0.3, 0.4) is 0 Å². The molecule has 0 radical (unpaired) electrons. The second-order valence-electron chi connectivity index (χ2n) is 6.80. The smallest absolute Gasteiger partial charge is 0.161 e. The monoisotopic (exact) mass is 368 g/mol. The van der Waals surface area contributed by atoms with E-state index in [1.165, 1.54) is 30.4 Å². The maximum atomic E-state index is 6.10. The number of benzene rings is 1. The van der Waals surface area contributed by atoms with Gasteiger partial charge in [0.1, 0.15) is 0 Å². The molecule has 0 N–H and O–H groups in total. The SMILES string of the molecule is CCCOc1cc2c(cc1OCCC)C1CCCC1SC2CCCl. The summed E-state index contributed by atoms with van der Waals surface area (Å²) >= 11 is 8.24. The number of hydrogen-bond donors (Lipinski definition) is 0. The molecule has 1 aliphatic heterocycles. The summed E-state index contributed by atoms with van der Waals surface area (Å²) in [5.74, 6) is 3.25. The molecule has 0 bridgehead atoms. The number of hydrogen-bond acceptors (Lipinski definition) is 3. The average Bonchev–Trinajstić information content (AvgIpc) is 3.06. The number of halogens is 1. The molecule has 1 fully saturated rings. The number of ether oxygens (including phenoxy) is 2. The minimum absolute atomic E-state index is 0.501. The maximum absolute atomic E-state index is 6.10. The lowest BCUT2D eigenvalue weighted by Gasteiger charge is -2.35. The Balaban J connectivity index is 1.98. The highest BCUT2D eigenvalue weighted by atomic mass is 35.5. The van der Waals surface area contributed by atoms with Gasteiger partial charge in [-0.15, -0.1) is 23.4 Å². The van der Waals surface area contributed by atoms with Crippen LogP contribution in [-0.4, -0.2) is 24.3 Å². The number of alkyl halides is 1. The number of thioether (sulfide) groups is 1. The molecule has 1 aromatic rings. The van der Waals surface area contributed by atoms with Crippen LogP contribution < -0.4 is 9.47 Å². The lowest BCUT2D eigenvalue weighted by molar-refractivity contribution is 0.267. The maximum Gasteiger partial charge on any atom is 0.161 e. The van der Waals surface area contributed by atoms with E-state index in [9.17, 15) is 0 Å². The van der Waals surface area contributed by atoms with Gasteiger partial charge < -0.3 is 9.47 Å². The van der Waals surface area contributed by atoms with Crippen molar-refractivity contribution >= 4 is 23.4 Å². The van der Waals surface area contributed by atoms with Crippen molar-refractivity contribution in [2.24, 2.45) is 0 Å². The molecule has 0 aromatic heterocycles. The lowest BCUT2D eigenvalue weighted by Crippen LogP contribution is -2.20. The molecule has 2 aliphatic rings. The zero-order valence-corrected chi connectivity index (χ0v) is 16.4. The van der Waals surface area contributed by atoms with Crippen LogP contribution in [0.15, 0.2) is 12.1 Å².